The fraction of sp³-hybridized carbons (Fsp3) is 0.652. The van der Waals surface area contributed by atoms with Crippen molar-refractivity contribution in [1.29, 1.82) is 0 Å². The molecule has 13 atom stereocenters. The SMILES string of the molecule is CC[C@H](C)[C@@H](C(=O)NCC(=O)N(C)[C@@H](CC(C)C)C(=O)N[C@H](C(=O)C1CC[C@H]1C(=O)N[C@H](Cc1ccccc1)C(=O)N[C@@H](CC(=O)N(C)[C@@H](C)C(=O)N[C@H](Cc1ccccc1)C(=O)C(C)CC(C)C)C(=O)N1CCCCC1)[C@@H](C)O)N(C)C(=O)[C@H](CC(C)C)NC=O. The summed E-state index contributed by atoms with van der Waals surface area (Å²) in [4.78, 5) is 173. The summed E-state index contributed by atoms with van der Waals surface area (Å²) in [6.45, 7) is 20.0. The van der Waals surface area contributed by atoms with Crippen LogP contribution in [0.1, 0.15) is 151 Å². The van der Waals surface area contributed by atoms with Crippen LogP contribution in [0.15, 0.2) is 60.7 Å². The molecule has 0 aromatic heterocycles. The number of nitrogens with zero attached hydrogens (tertiary/aromatic N) is 4. The predicted molar refractivity (Wildman–Crippen MR) is 349 cm³/mol. The number of hydrogen-bond acceptors (Lipinski definition) is 13. The maximum Gasteiger partial charge on any atom is 0.245 e. The van der Waals surface area contributed by atoms with Crippen LogP contribution in [0.3, 0.4) is 0 Å². The summed E-state index contributed by atoms with van der Waals surface area (Å²) in [5.74, 6) is -9.19. The molecule has 2 fully saturated rings. The van der Waals surface area contributed by atoms with Crippen molar-refractivity contribution >= 4 is 71.1 Å². The topological polar surface area (TPSA) is 310 Å². The van der Waals surface area contributed by atoms with Gasteiger partial charge < -0.3 is 56.6 Å². The minimum absolute atomic E-state index is 0.0488. The van der Waals surface area contributed by atoms with Crippen molar-refractivity contribution in [2.75, 3.05) is 40.8 Å². The second kappa shape index (κ2) is 37.2. The van der Waals surface area contributed by atoms with Gasteiger partial charge >= 0.3 is 0 Å². The van der Waals surface area contributed by atoms with Crippen molar-refractivity contribution in [1.82, 2.24) is 51.5 Å². The number of ketones is 2. The molecule has 4 rings (SSSR count). The van der Waals surface area contributed by atoms with Crippen molar-refractivity contribution in [2.45, 2.75) is 208 Å². The number of nitrogens with one attached hydrogen (secondary N) is 6. The van der Waals surface area contributed by atoms with E-state index in [-0.39, 0.29) is 67.5 Å². The quantitative estimate of drug-likeness (QED) is 0.0473. The van der Waals surface area contributed by atoms with Crippen molar-refractivity contribution in [3.63, 3.8) is 0 Å². The first-order valence-electron chi connectivity index (χ1n) is 33.0. The molecule has 1 saturated heterocycles. The first-order valence-corrected chi connectivity index (χ1v) is 33.0. The van der Waals surface area contributed by atoms with Gasteiger partial charge in [0.25, 0.3) is 0 Å². The molecular weight excluding hydrogens is 1180 g/mol. The number of amides is 10. The first kappa shape index (κ1) is 76.9. The third-order valence-electron chi connectivity index (χ3n) is 18.0. The molecule has 1 aliphatic carbocycles. The lowest BCUT2D eigenvalue weighted by Gasteiger charge is -2.38. The van der Waals surface area contributed by atoms with Gasteiger partial charge in [-0.25, -0.2) is 0 Å². The number of aliphatic hydroxyl groups excluding tert-OH is 1. The molecule has 92 heavy (non-hydrogen) atoms. The zero-order chi connectivity index (χ0) is 68.7. The molecule has 510 valence electrons. The van der Waals surface area contributed by atoms with Gasteiger partial charge in [0.2, 0.25) is 59.6 Å². The van der Waals surface area contributed by atoms with E-state index in [0.29, 0.717) is 57.2 Å². The second-order valence-corrected chi connectivity index (χ2v) is 26.8. The fourth-order valence-corrected chi connectivity index (χ4v) is 12.1. The lowest BCUT2D eigenvalue weighted by Crippen LogP contribution is -2.60. The number of rotatable bonds is 37. The summed E-state index contributed by atoms with van der Waals surface area (Å²) in [6.07, 6.45) is 2.84. The number of likely N-dealkylation sites (N-methyl/N-ethyl adjacent to an activating group) is 3. The van der Waals surface area contributed by atoms with Gasteiger partial charge in [-0.3, -0.25) is 57.5 Å². The standard InChI is InChI=1S/C69H106N10O13/c1-15-44(8)60(78(14)68(91)54(71-40-80)34-42(4)5)67(90)70-39-58(83)77(13)56(35-43(6)7)66(89)75-59(47(11)81)62(85)50-29-30-51(50)64(87)73-53(37-49-27-21-17-22-28-49)65(88)74-55(69(92)79-31-23-18-24-32-79)38-57(82)76(12)46(10)63(86)72-52(36-48-25-19-16-20-26-48)61(84)45(9)33-41(2)3/h16-17,19-22,25-28,40-47,50-56,59-60,81H,15,18,23-24,29-39H2,1-14H3,(H,70,90)(H,71,80)(H,72,86)(H,73,87)(H,74,88)(H,75,89)/t44-,45?,46-,47+,50?,51+,52+,53+,54-,55-,56-,59-,60-/m0/s1. The maximum atomic E-state index is 14.8. The monoisotopic (exact) mass is 1280 g/mol. The average molecular weight is 1280 g/mol. The smallest absolute Gasteiger partial charge is 0.245 e. The molecule has 1 heterocycles. The third-order valence-corrected chi connectivity index (χ3v) is 18.0. The van der Waals surface area contributed by atoms with E-state index in [9.17, 15) is 62.6 Å². The lowest BCUT2D eigenvalue weighted by molar-refractivity contribution is -0.146. The van der Waals surface area contributed by atoms with Crippen LogP contribution < -0.4 is 31.9 Å². The third kappa shape index (κ3) is 22.6. The largest absolute Gasteiger partial charge is 0.391 e. The highest BCUT2D eigenvalue weighted by atomic mass is 16.3. The van der Waals surface area contributed by atoms with Gasteiger partial charge in [0.05, 0.1) is 25.1 Å². The van der Waals surface area contributed by atoms with Crippen molar-refractivity contribution in [2.24, 2.45) is 41.4 Å². The summed E-state index contributed by atoms with van der Waals surface area (Å²) in [5.41, 5.74) is 1.48. The van der Waals surface area contributed by atoms with Gasteiger partial charge in [-0.05, 0) is 106 Å². The van der Waals surface area contributed by atoms with E-state index < -0.39 is 138 Å². The van der Waals surface area contributed by atoms with Gasteiger partial charge in [0.1, 0.15) is 42.3 Å². The molecule has 0 bridgehead atoms. The Bertz CT molecular complexity index is 2810. The highest BCUT2D eigenvalue weighted by Crippen LogP contribution is 2.37. The molecule has 2 aliphatic rings. The van der Waals surface area contributed by atoms with Crippen LogP contribution in [0.25, 0.3) is 0 Å². The van der Waals surface area contributed by atoms with Crippen LogP contribution in [-0.4, -0.2) is 191 Å². The molecule has 7 N–H and O–H groups in total. The summed E-state index contributed by atoms with van der Waals surface area (Å²) < 4.78 is 0. The molecule has 0 spiro atoms. The minimum atomic E-state index is -1.54. The molecule has 10 amide bonds. The normalized spacial score (nSPS) is 18.3. The van der Waals surface area contributed by atoms with E-state index >= 15 is 0 Å². The van der Waals surface area contributed by atoms with Crippen LogP contribution >= 0.6 is 0 Å². The van der Waals surface area contributed by atoms with Crippen molar-refractivity contribution < 1.29 is 62.6 Å². The van der Waals surface area contributed by atoms with Crippen molar-refractivity contribution in [3.8, 4) is 0 Å². The summed E-state index contributed by atoms with van der Waals surface area (Å²) in [6, 6.07) is 8.70. The molecule has 23 nitrogen and oxygen atoms in total. The Balaban J connectivity index is 1.53. The van der Waals surface area contributed by atoms with Gasteiger partial charge in [0.15, 0.2) is 11.6 Å². The van der Waals surface area contributed by atoms with Crippen LogP contribution in [0.4, 0.5) is 0 Å². The number of carbonyl (C=O) groups is 12. The Labute approximate surface area is 544 Å². The van der Waals surface area contributed by atoms with Crippen LogP contribution in [0.2, 0.25) is 0 Å². The number of carbonyl (C=O) groups excluding carboxylic acids is 12. The molecule has 2 aromatic carbocycles. The van der Waals surface area contributed by atoms with Crippen molar-refractivity contribution in [3.05, 3.63) is 71.8 Å². The number of likely N-dealkylation sites (tertiary alicyclic amines) is 1. The Morgan fingerprint density at radius 1 is 0.587 bits per heavy atom. The van der Waals surface area contributed by atoms with Gasteiger partial charge in [-0.1, -0.05) is 129 Å². The maximum absolute atomic E-state index is 14.8. The zero-order valence-corrected chi connectivity index (χ0v) is 56.8. The summed E-state index contributed by atoms with van der Waals surface area (Å²) in [5, 5.41) is 27.5. The molecule has 23 heteroatoms. The predicted octanol–water partition coefficient (Wildman–Crippen LogP) is 3.91. The first-order chi connectivity index (χ1) is 43.4. The Hall–Kier alpha value is -7.56. The van der Waals surface area contributed by atoms with Crippen LogP contribution in [0, 0.1) is 41.4 Å². The van der Waals surface area contributed by atoms with Crippen LogP contribution in [0.5, 0.6) is 0 Å². The summed E-state index contributed by atoms with van der Waals surface area (Å²) >= 11 is 0. The number of hydrogen-bond donors (Lipinski definition) is 7. The van der Waals surface area contributed by atoms with E-state index in [1.807, 2.05) is 85.7 Å². The van der Waals surface area contributed by atoms with E-state index in [4.69, 9.17) is 0 Å². The zero-order valence-electron chi connectivity index (χ0n) is 56.8. The van der Waals surface area contributed by atoms with Crippen LogP contribution in [-0.2, 0) is 70.4 Å². The number of Topliss-reactive ketones (excluding diaryl/α,β-unsaturated/α-hetero) is 2. The fourth-order valence-electron chi connectivity index (χ4n) is 12.1. The van der Waals surface area contributed by atoms with Gasteiger partial charge in [-0.15, -0.1) is 0 Å². The van der Waals surface area contributed by atoms with E-state index in [1.54, 1.807) is 42.2 Å². The number of piperidine rings is 1. The van der Waals surface area contributed by atoms with E-state index in [1.165, 1.54) is 44.8 Å². The van der Waals surface area contributed by atoms with E-state index in [0.717, 1.165) is 16.9 Å². The number of aliphatic hydroxyl groups is 1. The average Bonchev–Trinajstić information content (AvgIpc) is 0.814. The minimum Gasteiger partial charge on any atom is -0.391 e. The molecule has 1 aliphatic heterocycles. The molecule has 0 radical (unpaired) electrons. The lowest BCUT2D eigenvalue weighted by atomic mass is 9.68. The Morgan fingerprint density at radius 2 is 1.13 bits per heavy atom. The molecule has 2 unspecified atom stereocenters. The second-order valence-electron chi connectivity index (χ2n) is 26.8. The Morgan fingerprint density at radius 3 is 1.64 bits per heavy atom. The van der Waals surface area contributed by atoms with Gasteiger partial charge in [0, 0.05) is 58.4 Å². The molecule has 2 aromatic rings. The highest BCUT2D eigenvalue weighted by molar-refractivity contribution is 6.00. The number of benzene rings is 2. The molecule has 1 saturated carbocycles. The molecular formula is C69H106N10O13. The van der Waals surface area contributed by atoms with Gasteiger partial charge in [-0.2, -0.15) is 0 Å². The van der Waals surface area contributed by atoms with E-state index in [2.05, 4.69) is 31.9 Å². The Kier molecular flexibility index (Phi) is 31.1. The summed E-state index contributed by atoms with van der Waals surface area (Å²) in [7, 11) is 4.27. The highest BCUT2D eigenvalue weighted by Gasteiger charge is 2.47.